The maximum Gasteiger partial charge on any atom is 0.187 e. The van der Waals surface area contributed by atoms with E-state index in [1.807, 2.05) is 19.9 Å². The highest BCUT2D eigenvalue weighted by Crippen LogP contribution is 2.75. The first-order chi connectivity index (χ1) is 25.7. The molecule has 13 heteroatoms. The number of hydrogen-bond donors (Lipinski definition) is 9. The van der Waals surface area contributed by atoms with Gasteiger partial charge in [0, 0.05) is 11.3 Å². The Labute approximate surface area is 326 Å². The van der Waals surface area contributed by atoms with E-state index in [0.29, 0.717) is 12.8 Å². The van der Waals surface area contributed by atoms with Gasteiger partial charge in [-0.15, -0.1) is 0 Å². The van der Waals surface area contributed by atoms with Crippen molar-refractivity contribution >= 4 is 0 Å². The van der Waals surface area contributed by atoms with Gasteiger partial charge in [0.25, 0.3) is 0 Å². The molecule has 0 bridgehead atoms. The van der Waals surface area contributed by atoms with Gasteiger partial charge in [-0.05, 0) is 92.8 Å². The van der Waals surface area contributed by atoms with Crippen molar-refractivity contribution < 1.29 is 64.9 Å². The van der Waals surface area contributed by atoms with E-state index in [9.17, 15) is 46.0 Å². The van der Waals surface area contributed by atoms with E-state index in [2.05, 4.69) is 47.6 Å². The number of fused-ring (bicyclic) bond motifs is 5. The van der Waals surface area contributed by atoms with Gasteiger partial charge in [-0.2, -0.15) is 0 Å². The summed E-state index contributed by atoms with van der Waals surface area (Å²) in [5.41, 5.74) is 0.985. The van der Waals surface area contributed by atoms with Gasteiger partial charge in [0.15, 0.2) is 12.6 Å². The lowest BCUT2D eigenvalue weighted by atomic mass is 9.38. The fourth-order valence-corrected chi connectivity index (χ4v) is 12.6. The first-order valence-electron chi connectivity index (χ1n) is 20.6. The fraction of sp³-hybridized carbons (Fsp3) is 0.905. The minimum absolute atomic E-state index is 0.0398. The molecule has 316 valence electrons. The highest BCUT2D eigenvalue weighted by atomic mass is 16.7. The quantitative estimate of drug-likeness (QED) is 0.145. The summed E-state index contributed by atoms with van der Waals surface area (Å²) in [6, 6.07) is 0. The fourth-order valence-electron chi connectivity index (χ4n) is 12.6. The van der Waals surface area contributed by atoms with Gasteiger partial charge >= 0.3 is 0 Å². The molecule has 6 rings (SSSR count). The van der Waals surface area contributed by atoms with E-state index in [4.69, 9.17) is 18.9 Å². The molecule has 0 unspecified atom stereocenters. The maximum atomic E-state index is 11.3. The van der Waals surface area contributed by atoms with Crippen molar-refractivity contribution in [2.24, 2.45) is 45.3 Å². The van der Waals surface area contributed by atoms with Crippen molar-refractivity contribution in [2.45, 2.75) is 180 Å². The molecule has 3 saturated carbocycles. The van der Waals surface area contributed by atoms with Gasteiger partial charge in [0.1, 0.15) is 48.8 Å². The number of aliphatic hydroxyl groups excluding tert-OH is 9. The Bertz CT molecular complexity index is 1410. The molecule has 0 radical (unpaired) electrons. The van der Waals surface area contributed by atoms with Crippen LogP contribution >= 0.6 is 0 Å². The highest BCUT2D eigenvalue weighted by molar-refractivity contribution is 5.33. The summed E-state index contributed by atoms with van der Waals surface area (Å²) in [5.74, 6) is 0.570. The molecule has 2 saturated heterocycles. The number of hydrogen-bond acceptors (Lipinski definition) is 13. The molecule has 0 spiro atoms. The Morgan fingerprint density at radius 3 is 1.93 bits per heavy atom. The molecule has 0 aromatic carbocycles. The molecule has 13 nitrogen and oxygen atoms in total. The van der Waals surface area contributed by atoms with Crippen LogP contribution in [0, 0.1) is 45.3 Å². The molecule has 5 fully saturated rings. The van der Waals surface area contributed by atoms with Crippen LogP contribution in [0.4, 0.5) is 0 Å². The standard InChI is InChI=1S/C42H70O13/c1-20(2)15-22(52-37-34(50)32(48)30(46)27(18-43)54-37)16-21(3)23-11-12-42(8)36-26(53-38-35(51)33(49)31(47)28(19-44)55-38)17-25-24(9-10-29(45)39(25,4)5)40(36,6)13-14-41(23,42)7/h15,17,21-24,26-38,43-51H,9-14,16,18-19H2,1-8H3/t21-,22+,23-,24-,26+,27-,28-,29+,30-,31-,32+,33+,34-,35-,36-,37-,38-,40+,41-,42+/m1/s1. The van der Waals surface area contributed by atoms with Crippen molar-refractivity contribution in [1.82, 2.24) is 0 Å². The number of ether oxygens (including phenoxy) is 4. The molecule has 2 aliphatic heterocycles. The minimum atomic E-state index is -1.57. The Morgan fingerprint density at radius 2 is 1.35 bits per heavy atom. The predicted molar refractivity (Wildman–Crippen MR) is 201 cm³/mol. The Balaban J connectivity index is 1.32. The van der Waals surface area contributed by atoms with Crippen LogP contribution < -0.4 is 0 Å². The van der Waals surface area contributed by atoms with Gasteiger partial charge in [-0.3, -0.25) is 0 Å². The molecule has 20 atom stereocenters. The van der Waals surface area contributed by atoms with E-state index in [-0.39, 0.29) is 39.9 Å². The number of rotatable bonds is 10. The van der Waals surface area contributed by atoms with Crippen molar-refractivity contribution in [3.8, 4) is 0 Å². The van der Waals surface area contributed by atoms with Crippen molar-refractivity contribution in [3.05, 3.63) is 23.3 Å². The molecule has 0 amide bonds. The highest BCUT2D eigenvalue weighted by Gasteiger charge is 2.70. The summed E-state index contributed by atoms with van der Waals surface area (Å²) in [6.07, 6.45) is -5.37. The van der Waals surface area contributed by atoms with Gasteiger partial charge in [-0.25, -0.2) is 0 Å². The number of allylic oxidation sites excluding steroid dienone is 1. The predicted octanol–water partition coefficient (Wildman–Crippen LogP) is 1.93. The van der Waals surface area contributed by atoms with Gasteiger partial charge in [0.05, 0.1) is 31.5 Å². The maximum absolute atomic E-state index is 11.3. The minimum Gasteiger partial charge on any atom is -0.394 e. The molecule has 9 N–H and O–H groups in total. The third-order valence-electron chi connectivity index (χ3n) is 15.9. The Morgan fingerprint density at radius 1 is 0.764 bits per heavy atom. The smallest absolute Gasteiger partial charge is 0.187 e. The Hall–Kier alpha value is -1.04. The summed E-state index contributed by atoms with van der Waals surface area (Å²) in [7, 11) is 0. The lowest BCUT2D eigenvalue weighted by Crippen LogP contribution is -2.65. The summed E-state index contributed by atoms with van der Waals surface area (Å²) in [6.45, 7) is 16.4. The van der Waals surface area contributed by atoms with E-state index < -0.39 is 98.4 Å². The van der Waals surface area contributed by atoms with Crippen LogP contribution in [0.25, 0.3) is 0 Å². The van der Waals surface area contributed by atoms with Crippen molar-refractivity contribution in [1.29, 1.82) is 0 Å². The van der Waals surface area contributed by atoms with Crippen LogP contribution in [0.15, 0.2) is 23.3 Å². The summed E-state index contributed by atoms with van der Waals surface area (Å²) < 4.78 is 24.9. The second-order valence-electron chi connectivity index (χ2n) is 19.6. The van der Waals surface area contributed by atoms with E-state index >= 15 is 0 Å². The SMILES string of the molecule is CC(C)=C[C@@H](C[C@@H](C)[C@H]1CC[C@@]2(C)[C@@H]3[C@@H](O[C@@H]4O[C@H](CO)[C@@H](O)[C@H](O)[C@H]4O)C=C4[C@@H](CC[C@H](O)C4(C)C)[C@]3(C)CC[C@]12C)O[C@@H]1O[C@H](CO)[C@@H](O)[C@H](O)[C@H]1O. The normalized spacial score (nSPS) is 50.6. The summed E-state index contributed by atoms with van der Waals surface area (Å²) in [5, 5.41) is 95.0. The molecule has 0 aromatic rings. The molecule has 2 heterocycles. The first kappa shape index (κ1) is 43.5. The molecule has 0 aromatic heterocycles. The first-order valence-corrected chi connectivity index (χ1v) is 20.6. The lowest BCUT2D eigenvalue weighted by molar-refractivity contribution is -0.322. The second-order valence-corrected chi connectivity index (χ2v) is 19.6. The summed E-state index contributed by atoms with van der Waals surface area (Å²) in [4.78, 5) is 0. The van der Waals surface area contributed by atoms with Gasteiger partial charge in [-0.1, -0.05) is 64.8 Å². The third-order valence-corrected chi connectivity index (χ3v) is 15.9. The monoisotopic (exact) mass is 782 g/mol. The van der Waals surface area contributed by atoms with E-state index in [1.54, 1.807) is 0 Å². The zero-order chi connectivity index (χ0) is 40.6. The molecule has 55 heavy (non-hydrogen) atoms. The van der Waals surface area contributed by atoms with Gasteiger partial charge in [0.2, 0.25) is 0 Å². The third kappa shape index (κ3) is 7.23. The van der Waals surface area contributed by atoms with Gasteiger partial charge < -0.3 is 64.9 Å². The van der Waals surface area contributed by atoms with Crippen LogP contribution in [-0.4, -0.2) is 139 Å². The lowest BCUT2D eigenvalue weighted by Gasteiger charge is -2.67. The molecule has 4 aliphatic carbocycles. The van der Waals surface area contributed by atoms with E-state index in [1.165, 1.54) is 0 Å². The second kappa shape index (κ2) is 15.9. The molecular weight excluding hydrogens is 712 g/mol. The van der Waals surface area contributed by atoms with Crippen molar-refractivity contribution in [2.75, 3.05) is 13.2 Å². The average molecular weight is 783 g/mol. The molecular formula is C42H70O13. The van der Waals surface area contributed by atoms with E-state index in [0.717, 1.165) is 43.3 Å². The van der Waals surface area contributed by atoms with Crippen LogP contribution in [0.3, 0.4) is 0 Å². The van der Waals surface area contributed by atoms with Crippen LogP contribution in [0.1, 0.15) is 100 Å². The van der Waals surface area contributed by atoms with Crippen LogP contribution in [0.2, 0.25) is 0 Å². The zero-order valence-electron chi connectivity index (χ0n) is 34.0. The Kier molecular flexibility index (Phi) is 12.6. The number of aliphatic hydroxyl groups is 9. The largest absolute Gasteiger partial charge is 0.394 e. The summed E-state index contributed by atoms with van der Waals surface area (Å²) >= 11 is 0. The zero-order valence-corrected chi connectivity index (χ0v) is 34.0. The van der Waals surface area contributed by atoms with Crippen molar-refractivity contribution in [3.63, 3.8) is 0 Å². The average Bonchev–Trinajstić information content (AvgIpc) is 3.40. The van der Waals surface area contributed by atoms with Crippen LogP contribution in [-0.2, 0) is 18.9 Å². The molecule has 6 aliphatic rings. The topological polar surface area (TPSA) is 219 Å². The van der Waals surface area contributed by atoms with Crippen LogP contribution in [0.5, 0.6) is 0 Å².